The van der Waals surface area contributed by atoms with Crippen LogP contribution in [-0.2, 0) is 30.8 Å². The molecule has 156 valence electrons. The van der Waals surface area contributed by atoms with Gasteiger partial charge in [-0.15, -0.1) is 11.3 Å². The number of amides is 1. The van der Waals surface area contributed by atoms with Crippen LogP contribution in [0.25, 0.3) is 0 Å². The first kappa shape index (κ1) is 21.5. The molecule has 7 nitrogen and oxygen atoms in total. The molecule has 0 saturated carbocycles. The van der Waals surface area contributed by atoms with E-state index in [9.17, 15) is 18.0 Å². The number of carbonyl (C=O) groups excluding carboxylic acids is 2. The lowest BCUT2D eigenvalue weighted by molar-refractivity contribution is -0.152. The maximum atomic E-state index is 12.5. The van der Waals surface area contributed by atoms with Crippen LogP contribution in [-0.4, -0.2) is 44.3 Å². The molecule has 1 fully saturated rings. The number of hydrogen-bond acceptors (Lipinski definition) is 6. The van der Waals surface area contributed by atoms with Gasteiger partial charge in [0.1, 0.15) is 4.21 Å². The number of anilines is 1. The Balaban J connectivity index is 1.44. The first-order chi connectivity index (χ1) is 13.9. The van der Waals surface area contributed by atoms with E-state index >= 15 is 0 Å². The van der Waals surface area contributed by atoms with Crippen molar-refractivity contribution in [1.29, 1.82) is 0 Å². The van der Waals surface area contributed by atoms with Crippen molar-refractivity contribution in [2.75, 3.05) is 25.0 Å². The van der Waals surface area contributed by atoms with E-state index in [1.54, 1.807) is 17.5 Å². The van der Waals surface area contributed by atoms with Gasteiger partial charge in [0.05, 0.1) is 5.92 Å². The van der Waals surface area contributed by atoms with Gasteiger partial charge < -0.3 is 10.1 Å². The fraction of sp³-hybridized carbons (Fsp3) is 0.400. The third-order valence-corrected chi connectivity index (χ3v) is 8.14. The number of rotatable bonds is 7. The second-order valence-electron chi connectivity index (χ2n) is 6.82. The van der Waals surface area contributed by atoms with Gasteiger partial charge in [-0.2, -0.15) is 4.31 Å². The van der Waals surface area contributed by atoms with Gasteiger partial charge in [-0.1, -0.05) is 25.1 Å². The minimum atomic E-state index is -3.50. The molecule has 0 radical (unpaired) electrons. The van der Waals surface area contributed by atoms with Crippen molar-refractivity contribution in [2.45, 2.75) is 30.4 Å². The summed E-state index contributed by atoms with van der Waals surface area (Å²) in [4.78, 5) is 24.2. The molecule has 2 aromatic rings. The number of nitrogens with zero attached hydrogens (tertiary/aromatic N) is 1. The van der Waals surface area contributed by atoms with Crippen LogP contribution in [0.15, 0.2) is 46.0 Å². The lowest BCUT2D eigenvalue weighted by atomic mass is 9.98. The lowest BCUT2D eigenvalue weighted by Crippen LogP contribution is -2.40. The van der Waals surface area contributed by atoms with E-state index in [4.69, 9.17) is 4.74 Å². The summed E-state index contributed by atoms with van der Waals surface area (Å²) in [5.74, 6) is -1.27. The fourth-order valence-corrected chi connectivity index (χ4v) is 5.76. The van der Waals surface area contributed by atoms with Crippen LogP contribution in [0.2, 0.25) is 0 Å². The van der Waals surface area contributed by atoms with Crippen LogP contribution >= 0.6 is 11.3 Å². The quantitative estimate of drug-likeness (QED) is 0.674. The van der Waals surface area contributed by atoms with Crippen LogP contribution < -0.4 is 5.32 Å². The van der Waals surface area contributed by atoms with E-state index in [1.807, 2.05) is 24.3 Å². The number of hydrogen-bond donors (Lipinski definition) is 1. The molecule has 1 aromatic carbocycles. The molecule has 1 saturated heterocycles. The highest BCUT2D eigenvalue weighted by molar-refractivity contribution is 7.91. The molecule has 0 bridgehead atoms. The van der Waals surface area contributed by atoms with Crippen molar-refractivity contribution in [3.05, 3.63) is 47.3 Å². The van der Waals surface area contributed by atoms with Crippen LogP contribution in [0.4, 0.5) is 5.69 Å². The van der Waals surface area contributed by atoms with E-state index in [0.29, 0.717) is 22.7 Å². The molecular weight excluding hydrogens is 412 g/mol. The molecule has 0 atom stereocenters. The van der Waals surface area contributed by atoms with Crippen LogP contribution in [0.1, 0.15) is 25.3 Å². The van der Waals surface area contributed by atoms with Gasteiger partial charge in [-0.05, 0) is 48.4 Å². The van der Waals surface area contributed by atoms with E-state index in [1.165, 1.54) is 21.2 Å². The summed E-state index contributed by atoms with van der Waals surface area (Å²) < 4.78 is 31.9. The van der Waals surface area contributed by atoms with Gasteiger partial charge in [0.2, 0.25) is 0 Å². The zero-order chi connectivity index (χ0) is 20.9. The topological polar surface area (TPSA) is 92.8 Å². The van der Waals surface area contributed by atoms with Crippen molar-refractivity contribution in [3.8, 4) is 0 Å². The summed E-state index contributed by atoms with van der Waals surface area (Å²) in [7, 11) is -3.50. The zero-order valence-corrected chi connectivity index (χ0v) is 17.8. The number of carbonyl (C=O) groups is 2. The number of aryl methyl sites for hydroxylation is 1. The molecule has 0 aliphatic carbocycles. The number of nitrogens with one attached hydrogen (secondary N) is 1. The minimum Gasteiger partial charge on any atom is -0.455 e. The van der Waals surface area contributed by atoms with E-state index in [2.05, 4.69) is 12.2 Å². The molecule has 1 N–H and O–H groups in total. The van der Waals surface area contributed by atoms with Crippen LogP contribution in [0.5, 0.6) is 0 Å². The molecule has 0 spiro atoms. The number of esters is 1. The first-order valence-electron chi connectivity index (χ1n) is 9.49. The second-order valence-corrected chi connectivity index (χ2v) is 9.93. The highest BCUT2D eigenvalue weighted by atomic mass is 32.2. The van der Waals surface area contributed by atoms with Gasteiger partial charge in [-0.3, -0.25) is 9.59 Å². The SMILES string of the molecule is CCc1ccc(NC(=O)COC(=O)C2CCN(S(=O)(=O)c3cccs3)CC2)cc1. The minimum absolute atomic E-state index is 0.260. The fourth-order valence-electron chi connectivity index (χ4n) is 3.14. The molecule has 0 unspecified atom stereocenters. The highest BCUT2D eigenvalue weighted by Crippen LogP contribution is 2.26. The van der Waals surface area contributed by atoms with Crippen LogP contribution in [0, 0.1) is 5.92 Å². The van der Waals surface area contributed by atoms with Gasteiger partial charge in [0.15, 0.2) is 6.61 Å². The molecule has 9 heteroatoms. The second kappa shape index (κ2) is 9.51. The predicted molar refractivity (Wildman–Crippen MR) is 111 cm³/mol. The number of thiophene rings is 1. The van der Waals surface area contributed by atoms with E-state index < -0.39 is 27.8 Å². The molecule has 2 heterocycles. The zero-order valence-electron chi connectivity index (χ0n) is 16.2. The maximum absolute atomic E-state index is 12.5. The summed E-state index contributed by atoms with van der Waals surface area (Å²) in [5.41, 5.74) is 1.82. The Morgan fingerprint density at radius 1 is 1.17 bits per heavy atom. The van der Waals surface area contributed by atoms with Gasteiger partial charge >= 0.3 is 5.97 Å². The number of ether oxygens (including phenoxy) is 1. The van der Waals surface area contributed by atoms with Crippen molar-refractivity contribution in [2.24, 2.45) is 5.92 Å². The number of piperidine rings is 1. The van der Waals surface area contributed by atoms with Crippen molar-refractivity contribution in [3.63, 3.8) is 0 Å². The average Bonchev–Trinajstić information content (AvgIpc) is 3.28. The smallest absolute Gasteiger partial charge is 0.309 e. The predicted octanol–water partition coefficient (Wildman–Crippen LogP) is 2.89. The van der Waals surface area contributed by atoms with Crippen LogP contribution in [0.3, 0.4) is 0 Å². The summed E-state index contributed by atoms with van der Waals surface area (Å²) in [6.45, 7) is 2.21. The Kier molecular flexibility index (Phi) is 7.05. The molecule has 1 aromatic heterocycles. The summed E-state index contributed by atoms with van der Waals surface area (Å²) in [5, 5.41) is 4.41. The largest absolute Gasteiger partial charge is 0.455 e. The molecule has 1 amide bonds. The Labute approximate surface area is 174 Å². The van der Waals surface area contributed by atoms with Gasteiger partial charge in [0.25, 0.3) is 15.9 Å². The monoisotopic (exact) mass is 436 g/mol. The lowest BCUT2D eigenvalue weighted by Gasteiger charge is -2.29. The summed E-state index contributed by atoms with van der Waals surface area (Å²) >= 11 is 1.18. The molecule has 3 rings (SSSR count). The Bertz CT molecular complexity index is 932. The normalized spacial score (nSPS) is 15.8. The third-order valence-electron chi connectivity index (χ3n) is 4.87. The van der Waals surface area contributed by atoms with Crippen molar-refractivity contribution in [1.82, 2.24) is 4.31 Å². The molecule has 1 aliphatic rings. The average molecular weight is 437 g/mol. The summed E-state index contributed by atoms with van der Waals surface area (Å²) in [6.07, 6.45) is 1.67. The molecule has 1 aliphatic heterocycles. The number of sulfonamides is 1. The van der Waals surface area contributed by atoms with E-state index in [-0.39, 0.29) is 19.7 Å². The highest BCUT2D eigenvalue weighted by Gasteiger charge is 2.33. The standard InChI is InChI=1S/C20H24N2O5S2/c1-2-15-5-7-17(8-6-15)21-18(23)14-27-20(24)16-9-11-22(12-10-16)29(25,26)19-4-3-13-28-19/h3-8,13,16H,2,9-12,14H2,1H3,(H,21,23). The first-order valence-corrected chi connectivity index (χ1v) is 11.8. The molecule has 29 heavy (non-hydrogen) atoms. The summed E-state index contributed by atoms with van der Waals surface area (Å²) in [6, 6.07) is 10.8. The van der Waals surface area contributed by atoms with Gasteiger partial charge in [0, 0.05) is 18.8 Å². The Hall–Kier alpha value is -2.23. The van der Waals surface area contributed by atoms with E-state index in [0.717, 1.165) is 6.42 Å². The Morgan fingerprint density at radius 3 is 2.45 bits per heavy atom. The maximum Gasteiger partial charge on any atom is 0.309 e. The van der Waals surface area contributed by atoms with Gasteiger partial charge in [-0.25, -0.2) is 8.42 Å². The molecular formula is C20H24N2O5S2. The Morgan fingerprint density at radius 2 is 1.86 bits per heavy atom. The third kappa shape index (κ3) is 5.43. The van der Waals surface area contributed by atoms with Crippen molar-refractivity contribution < 1.29 is 22.7 Å². The van der Waals surface area contributed by atoms with Crippen molar-refractivity contribution >= 4 is 38.9 Å². The number of benzene rings is 1.